The molecule has 1 aliphatic rings. The van der Waals surface area contributed by atoms with E-state index < -0.39 is 0 Å². The Hall–Kier alpha value is -2.91. The second-order valence-electron chi connectivity index (χ2n) is 6.09. The van der Waals surface area contributed by atoms with E-state index in [2.05, 4.69) is 21.5 Å². The number of piperidine rings is 1. The van der Waals surface area contributed by atoms with Crippen LogP contribution in [0.25, 0.3) is 16.8 Å². The molecular formula is C18H17N5O. The van der Waals surface area contributed by atoms with Gasteiger partial charge in [0.25, 0.3) is 5.56 Å². The minimum Gasteiger partial charge on any atom is -0.317 e. The first-order chi connectivity index (χ1) is 11.8. The fraction of sp³-hybridized carbons (Fsp3) is 0.278. The second kappa shape index (κ2) is 5.95. The lowest BCUT2D eigenvalue weighted by Gasteiger charge is -2.23. The third-order valence-corrected chi connectivity index (χ3v) is 4.62. The number of hydrogen-bond acceptors (Lipinski definition) is 4. The summed E-state index contributed by atoms with van der Waals surface area (Å²) in [6.07, 6.45) is 3.78. The molecule has 0 amide bonds. The van der Waals surface area contributed by atoms with Gasteiger partial charge in [-0.05, 0) is 43.6 Å². The molecule has 24 heavy (non-hydrogen) atoms. The van der Waals surface area contributed by atoms with Gasteiger partial charge >= 0.3 is 0 Å². The SMILES string of the molecule is N#Cc1ccc(-c2cnn3c(C4CCNCC4)cc(=O)[nH]c23)cc1. The lowest BCUT2D eigenvalue weighted by atomic mass is 9.94. The van der Waals surface area contributed by atoms with Crippen LogP contribution in [0.5, 0.6) is 0 Å². The summed E-state index contributed by atoms with van der Waals surface area (Å²) in [6, 6.07) is 11.1. The molecule has 3 heterocycles. The summed E-state index contributed by atoms with van der Waals surface area (Å²) in [5.74, 6) is 0.338. The van der Waals surface area contributed by atoms with Gasteiger partial charge in [0.2, 0.25) is 0 Å². The van der Waals surface area contributed by atoms with Gasteiger partial charge < -0.3 is 10.3 Å². The predicted molar refractivity (Wildman–Crippen MR) is 90.8 cm³/mol. The maximum Gasteiger partial charge on any atom is 0.251 e. The standard InChI is InChI=1S/C18H17N5O/c19-10-12-1-3-13(4-2-12)15-11-21-23-16(9-17(24)22-18(15)23)14-5-7-20-8-6-14/h1-4,9,11,14,20H,5-8H2,(H,22,24). The Morgan fingerprint density at radius 3 is 2.67 bits per heavy atom. The van der Waals surface area contributed by atoms with Crippen LogP contribution in [-0.2, 0) is 0 Å². The second-order valence-corrected chi connectivity index (χ2v) is 6.09. The van der Waals surface area contributed by atoms with E-state index in [4.69, 9.17) is 5.26 Å². The lowest BCUT2D eigenvalue weighted by Crippen LogP contribution is -2.28. The molecule has 2 N–H and O–H groups in total. The van der Waals surface area contributed by atoms with E-state index in [0.29, 0.717) is 17.1 Å². The number of aromatic nitrogens is 3. The summed E-state index contributed by atoms with van der Waals surface area (Å²) in [5.41, 5.74) is 3.98. The highest BCUT2D eigenvalue weighted by atomic mass is 16.1. The van der Waals surface area contributed by atoms with Gasteiger partial charge in [-0.15, -0.1) is 0 Å². The number of nitrogens with one attached hydrogen (secondary N) is 2. The minimum absolute atomic E-state index is 0.105. The molecular weight excluding hydrogens is 302 g/mol. The van der Waals surface area contributed by atoms with Crippen molar-refractivity contribution in [3.8, 4) is 17.2 Å². The number of benzene rings is 1. The molecule has 0 radical (unpaired) electrons. The van der Waals surface area contributed by atoms with Crippen molar-refractivity contribution in [3.05, 3.63) is 58.1 Å². The van der Waals surface area contributed by atoms with Crippen molar-refractivity contribution in [1.82, 2.24) is 19.9 Å². The molecule has 0 atom stereocenters. The Kier molecular flexibility index (Phi) is 3.63. The number of aromatic amines is 1. The quantitative estimate of drug-likeness (QED) is 0.757. The Morgan fingerprint density at radius 2 is 1.96 bits per heavy atom. The van der Waals surface area contributed by atoms with E-state index in [0.717, 1.165) is 42.8 Å². The average Bonchev–Trinajstić information content (AvgIpc) is 3.05. The molecule has 0 aliphatic carbocycles. The molecule has 1 fully saturated rings. The van der Waals surface area contributed by atoms with Crippen molar-refractivity contribution in [2.45, 2.75) is 18.8 Å². The van der Waals surface area contributed by atoms with Crippen molar-refractivity contribution < 1.29 is 0 Å². The van der Waals surface area contributed by atoms with Crippen LogP contribution in [0.3, 0.4) is 0 Å². The minimum atomic E-state index is -0.105. The van der Waals surface area contributed by atoms with Gasteiger partial charge in [0.05, 0.1) is 23.5 Å². The molecule has 0 saturated carbocycles. The van der Waals surface area contributed by atoms with Crippen LogP contribution in [0.15, 0.2) is 41.3 Å². The van der Waals surface area contributed by atoms with Gasteiger partial charge in [0, 0.05) is 17.5 Å². The normalized spacial score (nSPS) is 15.5. The first-order valence-electron chi connectivity index (χ1n) is 8.08. The van der Waals surface area contributed by atoms with Crippen molar-refractivity contribution >= 4 is 5.65 Å². The zero-order valence-corrected chi connectivity index (χ0v) is 13.1. The number of hydrogen-bond donors (Lipinski definition) is 2. The molecule has 120 valence electrons. The van der Waals surface area contributed by atoms with Crippen LogP contribution < -0.4 is 10.9 Å². The summed E-state index contributed by atoms with van der Waals surface area (Å²) in [5, 5.41) is 16.8. The topological polar surface area (TPSA) is 86.0 Å². The number of nitrogens with zero attached hydrogens (tertiary/aromatic N) is 3. The van der Waals surface area contributed by atoms with Crippen LogP contribution >= 0.6 is 0 Å². The highest BCUT2D eigenvalue weighted by molar-refractivity contribution is 5.77. The molecule has 1 aromatic carbocycles. The number of H-pyrrole nitrogens is 1. The molecule has 0 unspecified atom stereocenters. The van der Waals surface area contributed by atoms with Gasteiger partial charge in [-0.3, -0.25) is 4.79 Å². The van der Waals surface area contributed by atoms with Gasteiger partial charge in [-0.1, -0.05) is 12.1 Å². The molecule has 4 rings (SSSR count). The van der Waals surface area contributed by atoms with Crippen LogP contribution in [0.4, 0.5) is 0 Å². The Morgan fingerprint density at radius 1 is 1.21 bits per heavy atom. The summed E-state index contributed by atoms with van der Waals surface area (Å²) in [4.78, 5) is 15.1. The van der Waals surface area contributed by atoms with E-state index >= 15 is 0 Å². The summed E-state index contributed by atoms with van der Waals surface area (Å²) >= 11 is 0. The highest BCUT2D eigenvalue weighted by Gasteiger charge is 2.20. The van der Waals surface area contributed by atoms with Gasteiger partial charge in [0.15, 0.2) is 0 Å². The Balaban J connectivity index is 1.85. The third kappa shape index (κ3) is 2.49. The lowest BCUT2D eigenvalue weighted by molar-refractivity contribution is 0.446. The number of nitriles is 1. The fourth-order valence-electron chi connectivity index (χ4n) is 3.36. The predicted octanol–water partition coefficient (Wildman–Crippen LogP) is 2.03. The molecule has 3 aromatic rings. The molecule has 1 aliphatic heterocycles. The summed E-state index contributed by atoms with van der Waals surface area (Å²) in [6.45, 7) is 1.92. The van der Waals surface area contributed by atoms with E-state index in [9.17, 15) is 4.79 Å². The largest absolute Gasteiger partial charge is 0.317 e. The summed E-state index contributed by atoms with van der Waals surface area (Å²) < 4.78 is 1.85. The summed E-state index contributed by atoms with van der Waals surface area (Å²) in [7, 11) is 0. The van der Waals surface area contributed by atoms with Gasteiger partial charge in [0.1, 0.15) is 5.65 Å². The first-order valence-corrected chi connectivity index (χ1v) is 8.08. The monoisotopic (exact) mass is 319 g/mol. The molecule has 1 saturated heterocycles. The van der Waals surface area contributed by atoms with Crippen molar-refractivity contribution in [1.29, 1.82) is 5.26 Å². The van der Waals surface area contributed by atoms with E-state index in [1.165, 1.54) is 0 Å². The zero-order valence-electron chi connectivity index (χ0n) is 13.1. The highest BCUT2D eigenvalue weighted by Crippen LogP contribution is 2.28. The van der Waals surface area contributed by atoms with Crippen molar-refractivity contribution in [2.75, 3.05) is 13.1 Å². The fourth-order valence-corrected chi connectivity index (χ4v) is 3.36. The zero-order chi connectivity index (χ0) is 16.5. The van der Waals surface area contributed by atoms with Crippen LogP contribution in [0.2, 0.25) is 0 Å². The Bertz CT molecular complexity index is 971. The van der Waals surface area contributed by atoms with Crippen LogP contribution in [0.1, 0.15) is 30.0 Å². The van der Waals surface area contributed by atoms with E-state index in [1.807, 2.05) is 16.6 Å². The molecule has 0 bridgehead atoms. The van der Waals surface area contributed by atoms with Gasteiger partial charge in [-0.2, -0.15) is 10.4 Å². The van der Waals surface area contributed by atoms with E-state index in [1.54, 1.807) is 24.4 Å². The molecule has 6 nitrogen and oxygen atoms in total. The number of rotatable bonds is 2. The van der Waals surface area contributed by atoms with Crippen molar-refractivity contribution in [2.24, 2.45) is 0 Å². The maximum atomic E-state index is 12.2. The van der Waals surface area contributed by atoms with Crippen LogP contribution in [-0.4, -0.2) is 27.7 Å². The molecule has 2 aromatic heterocycles. The molecule has 0 spiro atoms. The van der Waals surface area contributed by atoms with E-state index in [-0.39, 0.29) is 5.56 Å². The van der Waals surface area contributed by atoms with Crippen molar-refractivity contribution in [3.63, 3.8) is 0 Å². The van der Waals surface area contributed by atoms with Crippen LogP contribution in [0, 0.1) is 11.3 Å². The first kappa shape index (κ1) is 14.7. The smallest absolute Gasteiger partial charge is 0.251 e. The molecule has 6 heteroatoms. The Labute approximate surface area is 138 Å². The number of fused-ring (bicyclic) bond motifs is 1. The maximum absolute atomic E-state index is 12.2. The third-order valence-electron chi connectivity index (χ3n) is 4.62. The average molecular weight is 319 g/mol. The van der Waals surface area contributed by atoms with Gasteiger partial charge in [-0.25, -0.2) is 4.52 Å².